The lowest BCUT2D eigenvalue weighted by atomic mass is 10.1. The summed E-state index contributed by atoms with van der Waals surface area (Å²) in [4.78, 5) is 26.1. The van der Waals surface area contributed by atoms with Crippen LogP contribution in [0, 0.1) is 0 Å². The molecule has 4 nitrogen and oxygen atoms in total. The quantitative estimate of drug-likeness (QED) is 0.485. The van der Waals surface area contributed by atoms with E-state index in [0.717, 1.165) is 16.9 Å². The average Bonchev–Trinajstić information content (AvgIpc) is 2.97. The van der Waals surface area contributed by atoms with Crippen molar-refractivity contribution in [3.63, 3.8) is 0 Å². The fraction of sp³-hybridized carbons (Fsp3) is 0.130. The van der Waals surface area contributed by atoms with Crippen molar-refractivity contribution < 1.29 is 14.3 Å². The predicted octanol–water partition coefficient (Wildman–Crippen LogP) is 4.42. The summed E-state index contributed by atoms with van der Waals surface area (Å²) in [5, 5.41) is 0. The standard InChI is InChI=1S/C23H19NO3/c25-22-19-12-4-5-13-20(19)23(26)24(22)15-8-16-27-21-14-7-6-11-18(21)17-9-2-1-3-10-17/h1-7,9-14H,8,15-16H2. The highest BCUT2D eigenvalue weighted by Gasteiger charge is 2.34. The van der Waals surface area contributed by atoms with E-state index in [0.29, 0.717) is 30.7 Å². The minimum atomic E-state index is -0.222. The molecule has 2 amide bonds. The van der Waals surface area contributed by atoms with Gasteiger partial charge in [0.25, 0.3) is 11.8 Å². The van der Waals surface area contributed by atoms with Crippen molar-refractivity contribution in [2.24, 2.45) is 0 Å². The second kappa shape index (κ2) is 7.46. The number of hydrogen-bond donors (Lipinski definition) is 0. The van der Waals surface area contributed by atoms with Crippen LogP contribution in [0.4, 0.5) is 0 Å². The molecule has 3 aromatic rings. The molecule has 4 heteroatoms. The van der Waals surface area contributed by atoms with Crippen molar-refractivity contribution >= 4 is 11.8 Å². The summed E-state index contributed by atoms with van der Waals surface area (Å²) in [6, 6.07) is 24.9. The van der Waals surface area contributed by atoms with Gasteiger partial charge in [-0.05, 0) is 30.2 Å². The van der Waals surface area contributed by atoms with Crippen LogP contribution in [0.3, 0.4) is 0 Å². The third-order valence-electron chi connectivity index (χ3n) is 4.63. The first-order valence-electron chi connectivity index (χ1n) is 8.98. The third-order valence-corrected chi connectivity index (χ3v) is 4.63. The molecule has 0 fully saturated rings. The molecule has 27 heavy (non-hydrogen) atoms. The van der Waals surface area contributed by atoms with Crippen LogP contribution in [-0.2, 0) is 0 Å². The van der Waals surface area contributed by atoms with Crippen molar-refractivity contribution in [2.75, 3.05) is 13.2 Å². The number of benzene rings is 3. The number of para-hydroxylation sites is 1. The molecule has 1 aliphatic heterocycles. The summed E-state index contributed by atoms with van der Waals surface area (Å²) in [5.41, 5.74) is 3.09. The molecular weight excluding hydrogens is 338 g/mol. The second-order valence-corrected chi connectivity index (χ2v) is 6.37. The Labute approximate surface area is 158 Å². The van der Waals surface area contributed by atoms with E-state index in [2.05, 4.69) is 0 Å². The molecule has 0 unspecified atom stereocenters. The Morgan fingerprint density at radius 3 is 1.89 bits per heavy atom. The van der Waals surface area contributed by atoms with E-state index in [1.54, 1.807) is 24.3 Å². The number of rotatable bonds is 6. The van der Waals surface area contributed by atoms with Crippen LogP contribution in [0.5, 0.6) is 5.75 Å². The van der Waals surface area contributed by atoms with E-state index in [-0.39, 0.29) is 11.8 Å². The molecule has 3 aromatic carbocycles. The lowest BCUT2D eigenvalue weighted by molar-refractivity contribution is 0.0647. The number of carbonyl (C=O) groups excluding carboxylic acids is 2. The van der Waals surface area contributed by atoms with Gasteiger partial charge in [0.2, 0.25) is 0 Å². The molecule has 0 aromatic heterocycles. The Hall–Kier alpha value is -3.40. The first-order valence-corrected chi connectivity index (χ1v) is 8.98. The summed E-state index contributed by atoms with van der Waals surface area (Å²) < 4.78 is 5.95. The molecule has 4 rings (SSSR count). The van der Waals surface area contributed by atoms with Crippen molar-refractivity contribution in [1.29, 1.82) is 0 Å². The maximum absolute atomic E-state index is 12.4. The summed E-state index contributed by atoms with van der Waals surface area (Å²) in [5.74, 6) is 0.353. The highest BCUT2D eigenvalue weighted by atomic mass is 16.5. The van der Waals surface area contributed by atoms with E-state index >= 15 is 0 Å². The summed E-state index contributed by atoms with van der Waals surface area (Å²) in [7, 11) is 0. The highest BCUT2D eigenvalue weighted by molar-refractivity contribution is 6.21. The summed E-state index contributed by atoms with van der Waals surface area (Å²) in [6.07, 6.45) is 0.578. The van der Waals surface area contributed by atoms with Crippen LogP contribution < -0.4 is 4.74 Å². The number of hydrogen-bond acceptors (Lipinski definition) is 3. The van der Waals surface area contributed by atoms with Crippen LogP contribution in [0.15, 0.2) is 78.9 Å². The number of nitrogens with zero attached hydrogens (tertiary/aromatic N) is 1. The summed E-state index contributed by atoms with van der Waals surface area (Å²) >= 11 is 0. The molecule has 0 bridgehead atoms. The molecule has 0 aliphatic carbocycles. The molecule has 0 spiro atoms. The van der Waals surface area contributed by atoms with E-state index in [4.69, 9.17) is 4.74 Å². The van der Waals surface area contributed by atoms with E-state index < -0.39 is 0 Å². The molecule has 0 N–H and O–H groups in total. The lowest BCUT2D eigenvalue weighted by Gasteiger charge is -2.15. The van der Waals surface area contributed by atoms with Crippen LogP contribution in [0.1, 0.15) is 27.1 Å². The van der Waals surface area contributed by atoms with Crippen molar-refractivity contribution in [2.45, 2.75) is 6.42 Å². The fourth-order valence-corrected chi connectivity index (χ4v) is 3.30. The number of carbonyl (C=O) groups is 2. The van der Waals surface area contributed by atoms with Gasteiger partial charge in [-0.25, -0.2) is 0 Å². The first kappa shape index (κ1) is 17.0. The maximum Gasteiger partial charge on any atom is 0.261 e. The number of fused-ring (bicyclic) bond motifs is 1. The Bertz CT molecular complexity index is 947. The SMILES string of the molecule is O=C1c2ccccc2C(=O)N1CCCOc1ccccc1-c1ccccc1. The van der Waals surface area contributed by atoms with Gasteiger partial charge in [-0.2, -0.15) is 0 Å². The van der Waals surface area contributed by atoms with Gasteiger partial charge in [-0.15, -0.1) is 0 Å². The third kappa shape index (κ3) is 3.34. The van der Waals surface area contributed by atoms with Crippen molar-refractivity contribution in [1.82, 2.24) is 4.90 Å². The van der Waals surface area contributed by atoms with Gasteiger partial charge >= 0.3 is 0 Å². The van der Waals surface area contributed by atoms with Crippen molar-refractivity contribution in [3.8, 4) is 16.9 Å². The van der Waals surface area contributed by atoms with Gasteiger partial charge in [-0.3, -0.25) is 14.5 Å². The Morgan fingerprint density at radius 2 is 1.22 bits per heavy atom. The van der Waals surface area contributed by atoms with Gasteiger partial charge < -0.3 is 4.74 Å². The highest BCUT2D eigenvalue weighted by Crippen LogP contribution is 2.29. The van der Waals surface area contributed by atoms with E-state index in [1.165, 1.54) is 4.90 Å². The van der Waals surface area contributed by atoms with E-state index in [9.17, 15) is 9.59 Å². The molecular formula is C23H19NO3. The Balaban J connectivity index is 1.38. The topological polar surface area (TPSA) is 46.6 Å². The Kier molecular flexibility index (Phi) is 4.71. The average molecular weight is 357 g/mol. The number of ether oxygens (including phenoxy) is 1. The Morgan fingerprint density at radius 1 is 0.667 bits per heavy atom. The molecule has 1 heterocycles. The van der Waals surface area contributed by atoms with Crippen LogP contribution in [0.2, 0.25) is 0 Å². The maximum atomic E-state index is 12.4. The zero-order valence-corrected chi connectivity index (χ0v) is 14.8. The molecule has 0 saturated heterocycles. The molecule has 0 atom stereocenters. The number of imide groups is 1. The molecule has 0 radical (unpaired) electrons. The van der Waals surface area contributed by atoms with Crippen LogP contribution in [0.25, 0.3) is 11.1 Å². The number of amides is 2. The van der Waals surface area contributed by atoms with Gasteiger partial charge in [0.1, 0.15) is 5.75 Å². The van der Waals surface area contributed by atoms with Gasteiger partial charge in [0, 0.05) is 12.1 Å². The minimum absolute atomic E-state index is 0.222. The van der Waals surface area contributed by atoms with Gasteiger partial charge in [0.15, 0.2) is 0 Å². The lowest BCUT2D eigenvalue weighted by Crippen LogP contribution is -2.31. The van der Waals surface area contributed by atoms with Gasteiger partial charge in [0.05, 0.1) is 17.7 Å². The summed E-state index contributed by atoms with van der Waals surface area (Å²) in [6.45, 7) is 0.775. The minimum Gasteiger partial charge on any atom is -0.493 e. The monoisotopic (exact) mass is 357 g/mol. The molecule has 134 valence electrons. The smallest absolute Gasteiger partial charge is 0.261 e. The van der Waals surface area contributed by atoms with E-state index in [1.807, 2.05) is 54.6 Å². The van der Waals surface area contributed by atoms with Crippen LogP contribution in [-0.4, -0.2) is 29.9 Å². The molecule has 0 saturated carbocycles. The zero-order chi connectivity index (χ0) is 18.6. The molecule has 1 aliphatic rings. The largest absolute Gasteiger partial charge is 0.493 e. The first-order chi connectivity index (χ1) is 13.3. The van der Waals surface area contributed by atoms with Crippen molar-refractivity contribution in [3.05, 3.63) is 90.0 Å². The normalized spacial score (nSPS) is 13.0. The fourth-order valence-electron chi connectivity index (χ4n) is 3.30. The van der Waals surface area contributed by atoms with Crippen LogP contribution >= 0.6 is 0 Å². The van der Waals surface area contributed by atoms with Gasteiger partial charge in [-0.1, -0.05) is 60.7 Å². The second-order valence-electron chi connectivity index (χ2n) is 6.37. The zero-order valence-electron chi connectivity index (χ0n) is 14.8. The predicted molar refractivity (Wildman–Crippen MR) is 104 cm³/mol.